The van der Waals surface area contributed by atoms with Gasteiger partial charge in [0.25, 0.3) is 5.92 Å². The smallest absolute Gasteiger partial charge is 0.282 e. The highest BCUT2D eigenvalue weighted by atomic mass is 19.3. The van der Waals surface area contributed by atoms with Crippen molar-refractivity contribution in [3.05, 3.63) is 0 Å². The van der Waals surface area contributed by atoms with Crippen molar-refractivity contribution in [1.29, 1.82) is 0 Å². The lowest BCUT2D eigenvalue weighted by atomic mass is 10.1. The minimum atomic E-state index is -2.97. The summed E-state index contributed by atoms with van der Waals surface area (Å²) >= 11 is 0. The van der Waals surface area contributed by atoms with E-state index in [0.717, 1.165) is 19.3 Å². The average Bonchev–Trinajstić information content (AvgIpc) is 2.48. The van der Waals surface area contributed by atoms with Gasteiger partial charge in [-0.05, 0) is 25.2 Å². The van der Waals surface area contributed by atoms with E-state index in [1.807, 2.05) is 0 Å². The lowest BCUT2D eigenvalue weighted by molar-refractivity contribution is -0.0492. The molecule has 4 heteroatoms. The normalized spacial score (nSPS) is 29.5. The molecule has 1 saturated carbocycles. The van der Waals surface area contributed by atoms with E-state index in [1.54, 1.807) is 0 Å². The third-order valence-electron chi connectivity index (χ3n) is 2.58. The zero-order valence-corrected chi connectivity index (χ0v) is 7.89. The summed E-state index contributed by atoms with van der Waals surface area (Å²) in [6.45, 7) is 0.662. The van der Waals surface area contributed by atoms with Crippen molar-refractivity contribution in [2.45, 2.75) is 38.2 Å². The topological polar surface area (TPSA) is 32.3 Å². The van der Waals surface area contributed by atoms with Crippen molar-refractivity contribution in [1.82, 2.24) is 5.32 Å². The van der Waals surface area contributed by atoms with E-state index in [-0.39, 0.29) is 6.04 Å². The van der Waals surface area contributed by atoms with Crippen LogP contribution >= 0.6 is 0 Å². The van der Waals surface area contributed by atoms with Crippen LogP contribution in [0.1, 0.15) is 26.2 Å². The number of hydrogen-bond acceptors (Lipinski definition) is 2. The zero-order chi connectivity index (χ0) is 9.90. The van der Waals surface area contributed by atoms with E-state index in [0.29, 0.717) is 5.92 Å². The van der Waals surface area contributed by atoms with E-state index < -0.39 is 19.1 Å². The highest BCUT2D eigenvalue weighted by Crippen LogP contribution is 2.25. The summed E-state index contributed by atoms with van der Waals surface area (Å²) in [7, 11) is 0. The SMILES string of the molecule is CC1CCC(NCC(F)(F)CO)C1. The maximum Gasteiger partial charge on any atom is 0.282 e. The van der Waals surface area contributed by atoms with E-state index in [9.17, 15) is 8.78 Å². The van der Waals surface area contributed by atoms with Crippen molar-refractivity contribution >= 4 is 0 Å². The maximum atomic E-state index is 12.6. The van der Waals surface area contributed by atoms with E-state index >= 15 is 0 Å². The molecule has 0 radical (unpaired) electrons. The highest BCUT2D eigenvalue weighted by molar-refractivity contribution is 4.80. The van der Waals surface area contributed by atoms with Crippen LogP contribution in [0.15, 0.2) is 0 Å². The van der Waals surface area contributed by atoms with Gasteiger partial charge in [-0.3, -0.25) is 0 Å². The second kappa shape index (κ2) is 4.33. The molecule has 0 aromatic rings. The lowest BCUT2D eigenvalue weighted by Crippen LogP contribution is -2.40. The quantitative estimate of drug-likeness (QED) is 0.707. The minimum absolute atomic E-state index is 0.215. The molecule has 2 N–H and O–H groups in total. The molecule has 2 unspecified atom stereocenters. The predicted molar refractivity (Wildman–Crippen MR) is 46.8 cm³/mol. The molecule has 1 fully saturated rings. The Kier molecular flexibility index (Phi) is 3.62. The summed E-state index contributed by atoms with van der Waals surface area (Å²) < 4.78 is 25.2. The molecule has 78 valence electrons. The van der Waals surface area contributed by atoms with Crippen LogP contribution in [-0.4, -0.2) is 30.2 Å². The number of aliphatic hydroxyl groups is 1. The van der Waals surface area contributed by atoms with Crippen molar-refractivity contribution in [3.63, 3.8) is 0 Å². The number of nitrogens with one attached hydrogen (secondary N) is 1. The van der Waals surface area contributed by atoms with Gasteiger partial charge < -0.3 is 10.4 Å². The zero-order valence-electron chi connectivity index (χ0n) is 7.89. The molecule has 0 heterocycles. The van der Waals surface area contributed by atoms with E-state index in [4.69, 9.17) is 5.11 Å². The first kappa shape index (κ1) is 10.9. The first-order chi connectivity index (χ1) is 6.03. The van der Waals surface area contributed by atoms with E-state index in [1.165, 1.54) is 0 Å². The summed E-state index contributed by atoms with van der Waals surface area (Å²) in [6.07, 6.45) is 3.06. The first-order valence-electron chi connectivity index (χ1n) is 4.75. The fourth-order valence-corrected chi connectivity index (χ4v) is 1.74. The van der Waals surface area contributed by atoms with Gasteiger partial charge in [0.1, 0.15) is 6.61 Å². The van der Waals surface area contributed by atoms with Crippen LogP contribution in [0.25, 0.3) is 0 Å². The van der Waals surface area contributed by atoms with Crippen LogP contribution in [0.3, 0.4) is 0 Å². The number of rotatable bonds is 4. The Bertz CT molecular complexity index is 164. The molecule has 0 spiro atoms. The predicted octanol–water partition coefficient (Wildman–Crippen LogP) is 1.39. The molecule has 1 aliphatic carbocycles. The Morgan fingerprint density at radius 1 is 1.46 bits per heavy atom. The Balaban J connectivity index is 2.19. The van der Waals surface area contributed by atoms with Crippen LogP contribution in [0.4, 0.5) is 8.78 Å². The highest BCUT2D eigenvalue weighted by Gasteiger charge is 2.30. The summed E-state index contributed by atoms with van der Waals surface area (Å²) in [6, 6.07) is 0.215. The Hall–Kier alpha value is -0.220. The molecule has 0 amide bonds. The monoisotopic (exact) mass is 193 g/mol. The standard InChI is InChI=1S/C9H17F2NO/c1-7-2-3-8(4-7)12-5-9(10,11)6-13/h7-8,12-13H,2-6H2,1H3. The molecule has 0 aromatic carbocycles. The Labute approximate surface area is 77.3 Å². The number of hydrogen-bond donors (Lipinski definition) is 2. The van der Waals surface area contributed by atoms with Gasteiger partial charge in [0.15, 0.2) is 0 Å². The molecule has 13 heavy (non-hydrogen) atoms. The first-order valence-corrected chi connectivity index (χ1v) is 4.75. The molecular weight excluding hydrogens is 176 g/mol. The second-order valence-electron chi connectivity index (χ2n) is 4.01. The van der Waals surface area contributed by atoms with Gasteiger partial charge in [-0.15, -0.1) is 0 Å². The molecule has 2 nitrogen and oxygen atoms in total. The summed E-state index contributed by atoms with van der Waals surface area (Å²) in [5.74, 6) is -2.33. The lowest BCUT2D eigenvalue weighted by Gasteiger charge is -2.18. The van der Waals surface area contributed by atoms with Gasteiger partial charge in [-0.25, -0.2) is 8.78 Å². The fraction of sp³-hybridized carbons (Fsp3) is 1.00. The van der Waals surface area contributed by atoms with Gasteiger partial charge in [0, 0.05) is 6.04 Å². The summed E-state index contributed by atoms with van der Waals surface area (Å²) in [4.78, 5) is 0. The Morgan fingerprint density at radius 3 is 2.62 bits per heavy atom. The van der Waals surface area contributed by atoms with Crippen LogP contribution in [-0.2, 0) is 0 Å². The third kappa shape index (κ3) is 3.56. The molecule has 0 aromatic heterocycles. The molecule has 0 bridgehead atoms. The number of halogens is 2. The average molecular weight is 193 g/mol. The van der Waals surface area contributed by atoms with Crippen molar-refractivity contribution in [2.75, 3.05) is 13.2 Å². The van der Waals surface area contributed by atoms with Gasteiger partial charge in [-0.1, -0.05) is 6.92 Å². The minimum Gasteiger partial charge on any atom is -0.390 e. The van der Waals surface area contributed by atoms with Crippen molar-refractivity contribution in [2.24, 2.45) is 5.92 Å². The maximum absolute atomic E-state index is 12.6. The molecular formula is C9H17F2NO. The van der Waals surface area contributed by atoms with Crippen molar-refractivity contribution in [3.8, 4) is 0 Å². The summed E-state index contributed by atoms with van der Waals surface area (Å²) in [5.41, 5.74) is 0. The molecule has 1 aliphatic rings. The molecule has 0 saturated heterocycles. The van der Waals surface area contributed by atoms with Gasteiger partial charge in [0.05, 0.1) is 6.54 Å². The molecule has 2 atom stereocenters. The summed E-state index contributed by atoms with van der Waals surface area (Å²) in [5, 5.41) is 11.1. The van der Waals surface area contributed by atoms with E-state index in [2.05, 4.69) is 12.2 Å². The Morgan fingerprint density at radius 2 is 2.15 bits per heavy atom. The number of alkyl halides is 2. The second-order valence-corrected chi connectivity index (χ2v) is 4.01. The third-order valence-corrected chi connectivity index (χ3v) is 2.58. The van der Waals surface area contributed by atoms with Gasteiger partial charge >= 0.3 is 0 Å². The van der Waals surface area contributed by atoms with Crippen LogP contribution in [0.5, 0.6) is 0 Å². The van der Waals surface area contributed by atoms with Crippen molar-refractivity contribution < 1.29 is 13.9 Å². The molecule has 0 aliphatic heterocycles. The molecule has 1 rings (SSSR count). The van der Waals surface area contributed by atoms with Gasteiger partial charge in [0.2, 0.25) is 0 Å². The van der Waals surface area contributed by atoms with Crippen LogP contribution < -0.4 is 5.32 Å². The number of aliphatic hydroxyl groups excluding tert-OH is 1. The van der Waals surface area contributed by atoms with Crippen LogP contribution in [0, 0.1) is 5.92 Å². The fourth-order valence-electron chi connectivity index (χ4n) is 1.74. The largest absolute Gasteiger partial charge is 0.390 e. The van der Waals surface area contributed by atoms with Gasteiger partial charge in [-0.2, -0.15) is 0 Å². The van der Waals surface area contributed by atoms with Crippen LogP contribution in [0.2, 0.25) is 0 Å².